The van der Waals surface area contributed by atoms with Crippen LogP contribution in [0.4, 0.5) is 5.69 Å². The molecule has 7 nitrogen and oxygen atoms in total. The zero-order valence-electron chi connectivity index (χ0n) is 12.8. The largest absolute Gasteiger partial charge is 0.360 e. The van der Waals surface area contributed by atoms with Crippen molar-refractivity contribution < 1.29 is 12.9 Å². The summed E-state index contributed by atoms with van der Waals surface area (Å²) in [5.74, 6) is 0.225. The molecule has 1 aromatic carbocycles. The lowest BCUT2D eigenvalue weighted by Gasteiger charge is -2.10. The molecule has 0 aliphatic carbocycles. The van der Waals surface area contributed by atoms with Gasteiger partial charge >= 0.3 is 0 Å². The number of nitrogens with zero attached hydrogens (tertiary/aromatic N) is 2. The van der Waals surface area contributed by atoms with Crippen LogP contribution in [0.3, 0.4) is 0 Å². The first-order chi connectivity index (χ1) is 10.8. The normalized spacial score (nSPS) is 11.6. The number of fused-ring (bicyclic) bond motifs is 1. The van der Waals surface area contributed by atoms with Crippen LogP contribution < -0.4 is 4.72 Å². The molecule has 118 valence electrons. The molecule has 0 aliphatic rings. The fraction of sp³-hybridized carbons (Fsp3) is 0.200. The molecule has 2 N–H and O–H groups in total. The molecule has 0 aliphatic heterocycles. The highest BCUT2D eigenvalue weighted by Crippen LogP contribution is 2.30. The van der Waals surface area contributed by atoms with E-state index >= 15 is 0 Å². The molecule has 0 unspecified atom stereocenters. The van der Waals surface area contributed by atoms with Crippen molar-refractivity contribution in [2.75, 3.05) is 4.72 Å². The Kier molecular flexibility index (Phi) is 3.38. The third kappa shape index (κ3) is 2.35. The first kappa shape index (κ1) is 15.1. The molecule has 0 spiro atoms. The minimum absolute atomic E-state index is 0.0262. The summed E-state index contributed by atoms with van der Waals surface area (Å²) in [7, 11) is -3.84. The van der Waals surface area contributed by atoms with Gasteiger partial charge in [0.25, 0.3) is 10.0 Å². The van der Waals surface area contributed by atoms with Crippen LogP contribution in [0.1, 0.15) is 22.6 Å². The van der Waals surface area contributed by atoms with Crippen molar-refractivity contribution in [3.05, 3.63) is 40.9 Å². The van der Waals surface area contributed by atoms with Crippen molar-refractivity contribution in [3.8, 4) is 6.07 Å². The Morgan fingerprint density at radius 1 is 1.30 bits per heavy atom. The van der Waals surface area contributed by atoms with Crippen molar-refractivity contribution in [2.24, 2.45) is 0 Å². The van der Waals surface area contributed by atoms with Crippen LogP contribution in [-0.4, -0.2) is 18.6 Å². The summed E-state index contributed by atoms with van der Waals surface area (Å²) in [4.78, 5) is 2.98. The topological polar surface area (TPSA) is 112 Å². The molecule has 8 heteroatoms. The number of aromatic nitrogens is 2. The molecule has 0 bridgehead atoms. The van der Waals surface area contributed by atoms with Gasteiger partial charge in [-0.2, -0.15) is 5.26 Å². The Balaban J connectivity index is 2.15. The first-order valence-corrected chi connectivity index (χ1v) is 8.30. The molecule has 3 aromatic rings. The van der Waals surface area contributed by atoms with E-state index in [1.54, 1.807) is 32.2 Å². The molecule has 0 atom stereocenters. The molecular formula is C15H14N4O3S. The maximum Gasteiger partial charge on any atom is 0.267 e. The van der Waals surface area contributed by atoms with Crippen LogP contribution in [0.2, 0.25) is 0 Å². The smallest absolute Gasteiger partial charge is 0.267 e. The van der Waals surface area contributed by atoms with Crippen LogP contribution in [0.15, 0.2) is 27.7 Å². The number of hydrogen-bond acceptors (Lipinski definition) is 5. The maximum absolute atomic E-state index is 12.6. The molecule has 0 saturated carbocycles. The van der Waals surface area contributed by atoms with Gasteiger partial charge in [0, 0.05) is 11.6 Å². The van der Waals surface area contributed by atoms with Crippen molar-refractivity contribution >= 4 is 26.6 Å². The molecular weight excluding hydrogens is 316 g/mol. The quantitative estimate of drug-likeness (QED) is 0.767. The number of aryl methyl sites for hydroxylation is 3. The van der Waals surface area contributed by atoms with E-state index in [-0.39, 0.29) is 10.7 Å². The fourth-order valence-electron chi connectivity index (χ4n) is 2.65. The van der Waals surface area contributed by atoms with Gasteiger partial charge in [-0.15, -0.1) is 0 Å². The van der Waals surface area contributed by atoms with E-state index in [1.807, 2.05) is 6.92 Å². The van der Waals surface area contributed by atoms with Crippen molar-refractivity contribution in [1.82, 2.24) is 10.1 Å². The lowest BCUT2D eigenvalue weighted by Crippen LogP contribution is -2.14. The van der Waals surface area contributed by atoms with Gasteiger partial charge in [-0.25, -0.2) is 8.42 Å². The molecule has 2 heterocycles. The zero-order valence-corrected chi connectivity index (χ0v) is 13.6. The average molecular weight is 330 g/mol. The average Bonchev–Trinajstić information content (AvgIpc) is 3.06. The van der Waals surface area contributed by atoms with Gasteiger partial charge in [0.2, 0.25) is 0 Å². The van der Waals surface area contributed by atoms with Gasteiger partial charge in [0.15, 0.2) is 10.7 Å². The minimum atomic E-state index is -3.84. The summed E-state index contributed by atoms with van der Waals surface area (Å²) in [6.07, 6.45) is 1.56. The van der Waals surface area contributed by atoms with Crippen LogP contribution in [0.25, 0.3) is 10.9 Å². The highest BCUT2D eigenvalue weighted by Gasteiger charge is 2.25. The van der Waals surface area contributed by atoms with E-state index in [1.165, 1.54) is 0 Å². The highest BCUT2D eigenvalue weighted by molar-refractivity contribution is 7.92. The lowest BCUT2D eigenvalue weighted by molar-refractivity contribution is 0.390. The van der Waals surface area contributed by atoms with Crippen molar-refractivity contribution in [1.29, 1.82) is 5.26 Å². The number of anilines is 1. The molecule has 0 amide bonds. The maximum atomic E-state index is 12.6. The Morgan fingerprint density at radius 2 is 2.04 bits per heavy atom. The van der Waals surface area contributed by atoms with Gasteiger partial charge in [0.05, 0.1) is 16.8 Å². The number of benzene rings is 1. The number of sulfonamides is 1. The predicted octanol–water partition coefficient (Wildman–Crippen LogP) is 2.75. The van der Waals surface area contributed by atoms with Gasteiger partial charge in [-0.05, 0) is 32.4 Å². The van der Waals surface area contributed by atoms with E-state index < -0.39 is 10.0 Å². The Morgan fingerprint density at radius 3 is 2.65 bits per heavy atom. The second-order valence-corrected chi connectivity index (χ2v) is 6.87. The fourth-order valence-corrected chi connectivity index (χ4v) is 4.05. The summed E-state index contributed by atoms with van der Waals surface area (Å²) in [6.45, 7) is 4.98. The Hall–Kier alpha value is -2.79. The minimum Gasteiger partial charge on any atom is -0.360 e. The number of rotatable bonds is 3. The van der Waals surface area contributed by atoms with E-state index in [0.717, 1.165) is 5.56 Å². The summed E-state index contributed by atoms with van der Waals surface area (Å²) in [6, 6.07) is 5.52. The standard InChI is InChI=1S/C15H14N4O3S/c1-8-4-5-12(14-13(8)11(6-16)7-17-14)19-23(20,21)15-9(2)18-22-10(15)3/h4-5,7,17,19H,1-3H3. The van der Waals surface area contributed by atoms with E-state index in [0.29, 0.717) is 27.8 Å². The SMILES string of the molecule is Cc1noc(C)c1S(=O)(=O)Nc1ccc(C)c2c(C#N)c[nH]c12. The van der Waals surface area contributed by atoms with Gasteiger partial charge in [0.1, 0.15) is 11.8 Å². The third-order valence-corrected chi connectivity index (χ3v) is 5.25. The number of H-pyrrole nitrogens is 1. The molecule has 3 rings (SSSR count). The molecule has 0 fully saturated rings. The predicted molar refractivity (Wildman–Crippen MR) is 84.5 cm³/mol. The van der Waals surface area contributed by atoms with Gasteiger partial charge in [-0.1, -0.05) is 11.2 Å². The summed E-state index contributed by atoms with van der Waals surface area (Å²) < 4.78 is 32.7. The number of nitriles is 1. The highest BCUT2D eigenvalue weighted by atomic mass is 32.2. The Labute approximate surface area is 133 Å². The van der Waals surface area contributed by atoms with Crippen LogP contribution >= 0.6 is 0 Å². The number of hydrogen-bond donors (Lipinski definition) is 2. The molecule has 0 radical (unpaired) electrons. The molecule has 0 saturated heterocycles. The van der Waals surface area contributed by atoms with E-state index in [9.17, 15) is 8.42 Å². The van der Waals surface area contributed by atoms with Gasteiger partial charge < -0.3 is 9.51 Å². The number of aromatic amines is 1. The van der Waals surface area contributed by atoms with Crippen LogP contribution in [0.5, 0.6) is 0 Å². The van der Waals surface area contributed by atoms with Crippen molar-refractivity contribution in [2.45, 2.75) is 25.7 Å². The summed E-state index contributed by atoms with van der Waals surface area (Å²) in [5.41, 5.74) is 2.58. The second-order valence-electron chi connectivity index (χ2n) is 5.25. The van der Waals surface area contributed by atoms with Crippen LogP contribution in [0, 0.1) is 32.1 Å². The second kappa shape index (κ2) is 5.14. The Bertz CT molecular complexity index is 1040. The summed E-state index contributed by atoms with van der Waals surface area (Å²) >= 11 is 0. The molecule has 23 heavy (non-hydrogen) atoms. The lowest BCUT2D eigenvalue weighted by atomic mass is 10.1. The van der Waals surface area contributed by atoms with Crippen molar-refractivity contribution in [3.63, 3.8) is 0 Å². The molecule has 2 aromatic heterocycles. The van der Waals surface area contributed by atoms with E-state index in [4.69, 9.17) is 9.78 Å². The zero-order chi connectivity index (χ0) is 16.8. The van der Waals surface area contributed by atoms with Crippen LogP contribution in [-0.2, 0) is 10.0 Å². The third-order valence-electron chi connectivity index (χ3n) is 3.65. The summed E-state index contributed by atoms with van der Waals surface area (Å²) in [5, 5.41) is 13.5. The monoisotopic (exact) mass is 330 g/mol. The number of nitrogens with one attached hydrogen (secondary N) is 2. The van der Waals surface area contributed by atoms with Gasteiger partial charge in [-0.3, -0.25) is 4.72 Å². The van der Waals surface area contributed by atoms with E-state index in [2.05, 4.69) is 20.9 Å². The first-order valence-electron chi connectivity index (χ1n) is 6.81.